The van der Waals surface area contributed by atoms with Crippen LogP contribution in [0.15, 0.2) is 48.2 Å². The number of halogens is 1. The summed E-state index contributed by atoms with van der Waals surface area (Å²) in [6, 6.07) is 11.6. The summed E-state index contributed by atoms with van der Waals surface area (Å²) in [4.78, 5) is 12.2. The van der Waals surface area contributed by atoms with Crippen molar-refractivity contribution >= 4 is 28.9 Å². The molecule has 0 saturated heterocycles. The summed E-state index contributed by atoms with van der Waals surface area (Å²) in [6.45, 7) is 1.84. The van der Waals surface area contributed by atoms with E-state index in [0.717, 1.165) is 5.56 Å². The van der Waals surface area contributed by atoms with Crippen LogP contribution in [-0.2, 0) is 4.79 Å². The van der Waals surface area contributed by atoms with E-state index in [1.807, 2.05) is 13.0 Å². The highest BCUT2D eigenvalue weighted by Crippen LogP contribution is 2.27. The Labute approximate surface area is 150 Å². The molecule has 3 N–H and O–H groups in total. The lowest BCUT2D eigenvalue weighted by Crippen LogP contribution is -2.14. The van der Waals surface area contributed by atoms with E-state index in [0.29, 0.717) is 22.1 Å². The Kier molecular flexibility index (Phi) is 5.88. The first-order valence-electron chi connectivity index (χ1n) is 7.26. The van der Waals surface area contributed by atoms with Gasteiger partial charge in [-0.1, -0.05) is 17.7 Å². The van der Waals surface area contributed by atoms with Gasteiger partial charge in [0.25, 0.3) is 5.91 Å². The van der Waals surface area contributed by atoms with E-state index in [-0.39, 0.29) is 11.3 Å². The summed E-state index contributed by atoms with van der Waals surface area (Å²) < 4.78 is 5.04. The molecule has 128 valence electrons. The minimum absolute atomic E-state index is 0.0240. The number of benzene rings is 2. The Bertz CT molecular complexity index is 872. The molecule has 2 aromatic rings. The Morgan fingerprint density at radius 2 is 2.08 bits per heavy atom. The molecule has 0 fully saturated rings. The lowest BCUT2D eigenvalue weighted by molar-refractivity contribution is -0.112. The van der Waals surface area contributed by atoms with E-state index >= 15 is 0 Å². The standard InChI is InChI=1S/C18H16ClN3O3/c1-11-3-5-15(16(23)7-11)21-10-12(9-20)18(24)22-13-4-6-17(25-2)14(19)8-13/h3-8,10,21,23H,1-2H3,(H,22,24)/b12-10-. The number of amides is 1. The second kappa shape index (κ2) is 8.08. The second-order valence-electron chi connectivity index (χ2n) is 5.14. The van der Waals surface area contributed by atoms with Crippen molar-refractivity contribution in [3.8, 4) is 17.6 Å². The van der Waals surface area contributed by atoms with Crippen LogP contribution in [0.4, 0.5) is 11.4 Å². The van der Waals surface area contributed by atoms with Crippen LogP contribution in [0, 0.1) is 18.3 Å². The van der Waals surface area contributed by atoms with Gasteiger partial charge in [-0.25, -0.2) is 0 Å². The van der Waals surface area contributed by atoms with Gasteiger partial charge in [0.1, 0.15) is 23.1 Å². The predicted molar refractivity (Wildman–Crippen MR) is 96.8 cm³/mol. The third-order valence-electron chi connectivity index (χ3n) is 3.30. The molecule has 0 saturated carbocycles. The number of phenolic OH excluding ortho intramolecular Hbond substituents is 1. The molecule has 0 unspecified atom stereocenters. The molecule has 7 heteroatoms. The second-order valence-corrected chi connectivity index (χ2v) is 5.55. The smallest absolute Gasteiger partial charge is 0.267 e. The van der Waals surface area contributed by atoms with Crippen molar-refractivity contribution in [2.45, 2.75) is 6.92 Å². The molecular weight excluding hydrogens is 342 g/mol. The molecule has 2 aromatic carbocycles. The van der Waals surface area contributed by atoms with Crippen molar-refractivity contribution in [2.24, 2.45) is 0 Å². The number of nitrogens with one attached hydrogen (secondary N) is 2. The molecule has 0 radical (unpaired) electrons. The predicted octanol–water partition coefficient (Wildman–Crippen LogP) is 3.82. The number of aromatic hydroxyl groups is 1. The molecule has 0 aliphatic carbocycles. The van der Waals surface area contributed by atoms with Gasteiger partial charge in [-0.3, -0.25) is 4.79 Å². The normalized spacial score (nSPS) is 10.7. The maximum Gasteiger partial charge on any atom is 0.267 e. The van der Waals surface area contributed by atoms with E-state index < -0.39 is 5.91 Å². The number of hydrogen-bond acceptors (Lipinski definition) is 5. The van der Waals surface area contributed by atoms with E-state index in [1.165, 1.54) is 19.4 Å². The number of anilines is 2. The number of methoxy groups -OCH3 is 1. The van der Waals surface area contributed by atoms with Gasteiger partial charge < -0.3 is 20.5 Å². The molecule has 1 amide bonds. The van der Waals surface area contributed by atoms with Crippen LogP contribution >= 0.6 is 11.6 Å². The molecule has 2 rings (SSSR count). The third-order valence-corrected chi connectivity index (χ3v) is 3.60. The maximum absolute atomic E-state index is 12.2. The fourth-order valence-electron chi connectivity index (χ4n) is 2.00. The number of phenols is 1. The Hall–Kier alpha value is -3.17. The monoisotopic (exact) mass is 357 g/mol. The molecule has 0 bridgehead atoms. The summed E-state index contributed by atoms with van der Waals surface area (Å²) in [7, 11) is 1.49. The van der Waals surface area contributed by atoms with E-state index in [9.17, 15) is 15.2 Å². The number of nitrogens with zero attached hydrogens (tertiary/aromatic N) is 1. The summed E-state index contributed by atoms with van der Waals surface area (Å²) in [5.41, 5.74) is 1.54. The maximum atomic E-state index is 12.2. The van der Waals surface area contributed by atoms with Crippen molar-refractivity contribution in [3.05, 3.63) is 58.8 Å². The molecule has 0 aliphatic rings. The quantitative estimate of drug-likeness (QED) is 0.429. The van der Waals surface area contributed by atoms with E-state index in [2.05, 4.69) is 10.6 Å². The van der Waals surface area contributed by atoms with Crippen LogP contribution in [0.1, 0.15) is 5.56 Å². The number of aryl methyl sites for hydroxylation is 1. The molecule has 6 nitrogen and oxygen atoms in total. The molecule has 0 aliphatic heterocycles. The zero-order valence-corrected chi connectivity index (χ0v) is 14.4. The van der Waals surface area contributed by atoms with Crippen molar-refractivity contribution in [2.75, 3.05) is 17.7 Å². The van der Waals surface area contributed by atoms with Crippen molar-refractivity contribution < 1.29 is 14.6 Å². The van der Waals surface area contributed by atoms with Gasteiger partial charge in [-0.05, 0) is 42.8 Å². The first kappa shape index (κ1) is 18.2. The topological polar surface area (TPSA) is 94.4 Å². The highest BCUT2D eigenvalue weighted by Gasteiger charge is 2.11. The average Bonchev–Trinajstić information content (AvgIpc) is 2.57. The average molecular weight is 358 g/mol. The van der Waals surface area contributed by atoms with Gasteiger partial charge in [-0.2, -0.15) is 5.26 Å². The van der Waals surface area contributed by atoms with Crippen molar-refractivity contribution in [1.29, 1.82) is 5.26 Å². The summed E-state index contributed by atoms with van der Waals surface area (Å²) in [6.07, 6.45) is 1.23. The van der Waals surface area contributed by atoms with Crippen LogP contribution in [0.2, 0.25) is 5.02 Å². The lowest BCUT2D eigenvalue weighted by atomic mass is 10.2. The first-order chi connectivity index (χ1) is 11.9. The van der Waals surface area contributed by atoms with Gasteiger partial charge in [-0.15, -0.1) is 0 Å². The zero-order valence-electron chi connectivity index (χ0n) is 13.6. The molecule has 0 heterocycles. The van der Waals surface area contributed by atoms with Gasteiger partial charge in [0.2, 0.25) is 0 Å². The first-order valence-corrected chi connectivity index (χ1v) is 7.63. The van der Waals surface area contributed by atoms with Crippen LogP contribution in [0.3, 0.4) is 0 Å². The van der Waals surface area contributed by atoms with Crippen LogP contribution < -0.4 is 15.4 Å². The number of rotatable bonds is 5. The van der Waals surface area contributed by atoms with Crippen LogP contribution in [0.25, 0.3) is 0 Å². The Morgan fingerprint density at radius 3 is 2.68 bits per heavy atom. The van der Waals surface area contributed by atoms with E-state index in [4.69, 9.17) is 16.3 Å². The Morgan fingerprint density at radius 1 is 1.32 bits per heavy atom. The highest BCUT2D eigenvalue weighted by molar-refractivity contribution is 6.32. The third kappa shape index (κ3) is 4.66. The fraction of sp³-hybridized carbons (Fsp3) is 0.111. The zero-order chi connectivity index (χ0) is 18.4. The van der Waals surface area contributed by atoms with Gasteiger partial charge in [0, 0.05) is 11.9 Å². The van der Waals surface area contributed by atoms with Crippen molar-refractivity contribution in [3.63, 3.8) is 0 Å². The number of carbonyl (C=O) groups excluding carboxylic acids is 1. The molecular formula is C18H16ClN3O3. The number of ether oxygens (including phenoxy) is 1. The Balaban J connectivity index is 2.12. The largest absolute Gasteiger partial charge is 0.506 e. The van der Waals surface area contributed by atoms with Gasteiger partial charge in [0.15, 0.2) is 0 Å². The number of hydrogen-bond donors (Lipinski definition) is 3. The molecule has 0 atom stereocenters. The van der Waals surface area contributed by atoms with E-state index in [1.54, 1.807) is 30.3 Å². The number of carbonyl (C=O) groups is 1. The van der Waals surface area contributed by atoms with Gasteiger partial charge >= 0.3 is 0 Å². The molecule has 25 heavy (non-hydrogen) atoms. The fourth-order valence-corrected chi connectivity index (χ4v) is 2.26. The SMILES string of the molecule is COc1ccc(NC(=O)/C(C#N)=C\Nc2ccc(C)cc2O)cc1Cl. The summed E-state index contributed by atoms with van der Waals surface area (Å²) in [5.74, 6) is -0.106. The van der Waals surface area contributed by atoms with Gasteiger partial charge in [0.05, 0.1) is 17.8 Å². The van der Waals surface area contributed by atoms with Crippen molar-refractivity contribution in [1.82, 2.24) is 0 Å². The van der Waals surface area contributed by atoms with Crippen LogP contribution in [-0.4, -0.2) is 18.1 Å². The molecule has 0 spiro atoms. The highest BCUT2D eigenvalue weighted by atomic mass is 35.5. The number of nitriles is 1. The summed E-state index contributed by atoms with van der Waals surface area (Å²) in [5, 5.41) is 24.7. The van der Waals surface area contributed by atoms with Crippen LogP contribution in [0.5, 0.6) is 11.5 Å². The minimum Gasteiger partial charge on any atom is -0.506 e. The lowest BCUT2D eigenvalue weighted by Gasteiger charge is -2.08. The minimum atomic E-state index is -0.608. The summed E-state index contributed by atoms with van der Waals surface area (Å²) >= 11 is 6.00. The molecule has 0 aromatic heterocycles.